The second-order valence-electron chi connectivity index (χ2n) is 17.6. The number of anilines is 6. The number of rotatable bonds is 12. The van der Waals surface area contributed by atoms with Gasteiger partial charge in [-0.25, -0.2) is 29.9 Å². The summed E-state index contributed by atoms with van der Waals surface area (Å²) in [5, 5.41) is 11.4. The molecule has 4 N–H and O–H groups in total. The number of pyridine rings is 2. The van der Waals surface area contributed by atoms with E-state index in [0.717, 1.165) is 46.5 Å². The molecule has 0 saturated carbocycles. The summed E-state index contributed by atoms with van der Waals surface area (Å²) >= 11 is 0. The third-order valence-electron chi connectivity index (χ3n) is 11.7. The highest BCUT2D eigenvalue weighted by Crippen LogP contribution is 2.35. The lowest BCUT2D eigenvalue weighted by Gasteiger charge is -2.14. The summed E-state index contributed by atoms with van der Waals surface area (Å²) in [5.74, 6) is -0.518. The molecule has 10 rings (SSSR count). The fourth-order valence-electron chi connectivity index (χ4n) is 7.75. The van der Waals surface area contributed by atoms with Crippen molar-refractivity contribution in [3.8, 4) is 33.9 Å². The predicted molar refractivity (Wildman–Crippen MR) is 289 cm³/mol. The topological polar surface area (TPSA) is 195 Å². The number of carbonyl (C=O) groups is 2. The largest absolute Gasteiger partial charge is 0.416 e. The Morgan fingerprint density at radius 2 is 0.911 bits per heavy atom. The van der Waals surface area contributed by atoms with E-state index in [0.29, 0.717) is 46.0 Å². The lowest BCUT2D eigenvalue weighted by Crippen LogP contribution is -2.14. The molecule has 0 atom stereocenters. The normalized spacial score (nSPS) is 11.2. The van der Waals surface area contributed by atoms with Gasteiger partial charge in [-0.2, -0.15) is 26.3 Å². The molecule has 0 aliphatic heterocycles. The Bertz CT molecular complexity index is 3550. The molecule has 0 unspecified atom stereocenters. The van der Waals surface area contributed by atoms with Crippen LogP contribution in [0, 0.1) is 27.7 Å². The number of nitrogens with zero attached hydrogens (tertiary/aromatic N) is 10. The van der Waals surface area contributed by atoms with E-state index >= 15 is 0 Å². The van der Waals surface area contributed by atoms with Crippen molar-refractivity contribution < 1.29 is 35.9 Å². The first kappa shape index (κ1) is 55.4. The van der Waals surface area contributed by atoms with Crippen LogP contribution in [0.25, 0.3) is 33.9 Å². The molecular weight excluding hydrogens is 1050 g/mol. The summed E-state index contributed by atoms with van der Waals surface area (Å²) in [7, 11) is 0. The third kappa shape index (κ3) is 14.0. The van der Waals surface area contributed by atoms with E-state index in [-0.39, 0.29) is 46.3 Å². The molecule has 23 heteroatoms. The number of aromatic nitrogens is 10. The van der Waals surface area contributed by atoms with Gasteiger partial charge in [0.15, 0.2) is 0 Å². The fraction of sp³-hybridized carbons (Fsp3) is 0.107. The van der Waals surface area contributed by atoms with Crippen LogP contribution in [0.1, 0.15) is 54.4 Å². The highest BCUT2D eigenvalue weighted by molar-refractivity contribution is 6.06. The molecule has 4 aromatic carbocycles. The van der Waals surface area contributed by atoms with Crippen LogP contribution in [0.15, 0.2) is 171 Å². The minimum absolute atomic E-state index is 0. The molecule has 0 radical (unpaired) electrons. The number of halogens is 7. The van der Waals surface area contributed by atoms with Gasteiger partial charge in [0.1, 0.15) is 0 Å². The zero-order chi connectivity index (χ0) is 55.1. The molecular formula is C56H45ClF6N14O2. The maximum atomic E-state index is 13.6. The molecule has 6 aromatic heterocycles. The average Bonchev–Trinajstić information content (AvgIpc) is 4.14. The lowest BCUT2D eigenvalue weighted by molar-refractivity contribution is -0.138. The molecule has 0 spiro atoms. The van der Waals surface area contributed by atoms with Crippen LogP contribution in [0.4, 0.5) is 61.0 Å². The number of hydrogen-bond acceptors (Lipinski definition) is 12. The van der Waals surface area contributed by atoms with Crippen molar-refractivity contribution in [2.24, 2.45) is 0 Å². The summed E-state index contributed by atoms with van der Waals surface area (Å²) in [5.41, 5.74) is 6.18. The van der Waals surface area contributed by atoms with Crippen LogP contribution in [0.2, 0.25) is 0 Å². The van der Waals surface area contributed by atoms with E-state index < -0.39 is 35.3 Å². The number of carbonyl (C=O) groups excluding carboxylic acids is 2. The summed E-state index contributed by atoms with van der Waals surface area (Å²) in [4.78, 5) is 60.1. The van der Waals surface area contributed by atoms with E-state index in [1.54, 1.807) is 124 Å². The highest BCUT2D eigenvalue weighted by Gasteiger charge is 2.33. The fourth-order valence-corrected chi connectivity index (χ4v) is 7.75. The van der Waals surface area contributed by atoms with E-state index in [9.17, 15) is 35.9 Å². The Balaban J connectivity index is 0.000000205. The number of aryl methyl sites for hydroxylation is 4. The first-order valence-corrected chi connectivity index (χ1v) is 23.6. The van der Waals surface area contributed by atoms with Gasteiger partial charge in [-0.15, -0.1) is 12.4 Å². The van der Waals surface area contributed by atoms with Gasteiger partial charge in [-0.1, -0.05) is 12.1 Å². The Hall–Kier alpha value is -9.83. The van der Waals surface area contributed by atoms with Gasteiger partial charge in [0.25, 0.3) is 11.8 Å². The van der Waals surface area contributed by atoms with Crippen LogP contribution < -0.4 is 21.3 Å². The maximum absolute atomic E-state index is 13.6. The van der Waals surface area contributed by atoms with E-state index in [2.05, 4.69) is 61.1 Å². The summed E-state index contributed by atoms with van der Waals surface area (Å²) in [6.07, 6.45) is 6.77. The number of alkyl halides is 6. The summed E-state index contributed by atoms with van der Waals surface area (Å²) < 4.78 is 84.6. The van der Waals surface area contributed by atoms with Crippen LogP contribution in [0.5, 0.6) is 0 Å². The summed E-state index contributed by atoms with van der Waals surface area (Å²) in [6.45, 7) is 7.16. The molecule has 0 saturated heterocycles. The Labute approximate surface area is 453 Å². The maximum Gasteiger partial charge on any atom is 0.416 e. The van der Waals surface area contributed by atoms with Gasteiger partial charge in [-0.3, -0.25) is 19.6 Å². The smallest absolute Gasteiger partial charge is 0.324 e. The van der Waals surface area contributed by atoms with Crippen molar-refractivity contribution in [3.63, 3.8) is 0 Å². The molecule has 16 nitrogen and oxygen atoms in total. The van der Waals surface area contributed by atoms with Gasteiger partial charge >= 0.3 is 12.4 Å². The number of hydrogen-bond donors (Lipinski definition) is 4. The van der Waals surface area contributed by atoms with Crippen molar-refractivity contribution in [2.75, 3.05) is 21.3 Å². The molecule has 79 heavy (non-hydrogen) atoms. The minimum Gasteiger partial charge on any atom is -0.324 e. The first-order chi connectivity index (χ1) is 37.3. The molecule has 0 aliphatic carbocycles. The van der Waals surface area contributed by atoms with Crippen molar-refractivity contribution in [1.29, 1.82) is 0 Å². The zero-order valence-corrected chi connectivity index (χ0v) is 42.9. The number of imidazole rings is 2. The zero-order valence-electron chi connectivity index (χ0n) is 42.1. The van der Waals surface area contributed by atoms with E-state index in [4.69, 9.17) is 0 Å². The van der Waals surface area contributed by atoms with E-state index in [1.807, 2.05) is 26.0 Å². The molecule has 6 heterocycles. The SMILES string of the molecule is Cc1cn(-c2cc(NC(=O)c3ccc(C)c(Nc4nccc(-c5cccnc5)n4)c3)cc(C(F)(F)F)c2)cn1.Cc1cn(-c2cc(NC(=O)c3ccc(C)c(Nc4nccc(-c5cccnc5)n4)c3)cc(C(F)(F)F)c2)cn1.Cl. The molecule has 10 aromatic rings. The Kier molecular flexibility index (Phi) is 16.5. The first-order valence-electron chi connectivity index (χ1n) is 23.6. The van der Waals surface area contributed by atoms with Gasteiger partial charge in [-0.05, 0) is 136 Å². The Morgan fingerprint density at radius 3 is 1.27 bits per heavy atom. The number of nitrogens with one attached hydrogen (secondary N) is 4. The molecule has 0 aliphatic rings. The van der Waals surface area contributed by atoms with Gasteiger partial charge in [0, 0.05) is 106 Å². The molecule has 2 amide bonds. The minimum atomic E-state index is -4.60. The summed E-state index contributed by atoms with van der Waals surface area (Å²) in [6, 6.07) is 27.4. The quantitative estimate of drug-likeness (QED) is 0.0847. The average molecular weight is 1100 g/mol. The third-order valence-corrected chi connectivity index (χ3v) is 11.7. The standard InChI is InChI=1S/2C28H22F3N7O.ClH/c2*1-17-5-6-19(10-25(17)37-27-33-9-7-24(36-27)20-4-3-8-32-14-20)26(39)35-22-11-21(28(29,30)31)12-23(13-22)38-15-18(2)34-16-38;/h2*3-16H,1-2H3,(H,35,39)(H,33,36,37);1H. The van der Waals surface area contributed by atoms with E-state index in [1.165, 1.54) is 33.9 Å². The van der Waals surface area contributed by atoms with Crippen molar-refractivity contribution in [1.82, 2.24) is 49.0 Å². The van der Waals surface area contributed by atoms with Crippen molar-refractivity contribution in [3.05, 3.63) is 216 Å². The predicted octanol–water partition coefficient (Wildman–Crippen LogP) is 13.1. The second kappa shape index (κ2) is 23.6. The van der Waals surface area contributed by atoms with Crippen molar-refractivity contribution in [2.45, 2.75) is 40.0 Å². The highest BCUT2D eigenvalue weighted by atomic mass is 35.5. The van der Waals surface area contributed by atoms with Gasteiger partial charge in [0.05, 0.1) is 46.6 Å². The molecule has 0 fully saturated rings. The van der Waals surface area contributed by atoms with Crippen molar-refractivity contribution >= 4 is 58.9 Å². The second-order valence-corrected chi connectivity index (χ2v) is 17.6. The van der Waals surface area contributed by atoms with Crippen LogP contribution >= 0.6 is 12.4 Å². The monoisotopic (exact) mass is 1090 g/mol. The number of amides is 2. The number of benzene rings is 4. The molecule has 0 bridgehead atoms. The van der Waals surface area contributed by atoms with Crippen LogP contribution in [-0.4, -0.2) is 60.8 Å². The van der Waals surface area contributed by atoms with Crippen LogP contribution in [-0.2, 0) is 12.4 Å². The van der Waals surface area contributed by atoms with Gasteiger partial charge < -0.3 is 30.4 Å². The molecule has 400 valence electrons. The Morgan fingerprint density at radius 1 is 0.494 bits per heavy atom. The van der Waals surface area contributed by atoms with Gasteiger partial charge in [0.2, 0.25) is 11.9 Å². The lowest BCUT2D eigenvalue weighted by atomic mass is 10.1. The van der Waals surface area contributed by atoms with Crippen LogP contribution in [0.3, 0.4) is 0 Å².